The van der Waals surface area contributed by atoms with Gasteiger partial charge in [0.05, 0.1) is 0 Å². The van der Waals surface area contributed by atoms with Gasteiger partial charge >= 0.3 is 0 Å². The third kappa shape index (κ3) is 2.00. The lowest BCUT2D eigenvalue weighted by molar-refractivity contribution is 0.719. The second kappa shape index (κ2) is 4.62. The molecule has 2 heterocycles. The van der Waals surface area contributed by atoms with Crippen molar-refractivity contribution in [2.24, 2.45) is 5.84 Å². The van der Waals surface area contributed by atoms with Crippen LogP contribution in [0.5, 0.6) is 0 Å². The fourth-order valence-electron chi connectivity index (χ4n) is 2.29. The topological polar surface area (TPSA) is 67.1 Å². The third-order valence-electron chi connectivity index (χ3n) is 3.22. The van der Waals surface area contributed by atoms with Gasteiger partial charge in [0.15, 0.2) is 0 Å². The van der Waals surface area contributed by atoms with Crippen molar-refractivity contribution < 1.29 is 0 Å². The minimum atomic E-state index is 0.450. The van der Waals surface area contributed by atoms with Crippen LogP contribution in [0.2, 0.25) is 0 Å². The Labute approximate surface area is 106 Å². The molecule has 0 radical (unpaired) electrons. The van der Waals surface area contributed by atoms with Crippen LogP contribution in [0.3, 0.4) is 0 Å². The summed E-state index contributed by atoms with van der Waals surface area (Å²) in [5, 5.41) is 0. The van der Waals surface area contributed by atoms with Gasteiger partial charge in [-0.25, -0.2) is 10.8 Å². The van der Waals surface area contributed by atoms with Crippen LogP contribution >= 0.6 is 0 Å². The molecule has 5 nitrogen and oxygen atoms in total. The summed E-state index contributed by atoms with van der Waals surface area (Å²) in [4.78, 5) is 10.6. The molecule has 1 aromatic heterocycles. The van der Waals surface area contributed by atoms with Gasteiger partial charge in [-0.15, -0.1) is 0 Å². The first-order valence-electron chi connectivity index (χ1n) is 5.98. The minimum absolute atomic E-state index is 0.450. The van der Waals surface area contributed by atoms with Crippen molar-refractivity contribution in [3.05, 3.63) is 47.7 Å². The molecule has 0 spiro atoms. The molecule has 3 rings (SSSR count). The molecule has 1 aromatic carbocycles. The number of hydrogen-bond acceptors (Lipinski definition) is 5. The van der Waals surface area contributed by atoms with Crippen LogP contribution in [-0.4, -0.2) is 16.5 Å². The summed E-state index contributed by atoms with van der Waals surface area (Å²) in [6.45, 7) is 1.86. The van der Waals surface area contributed by atoms with Gasteiger partial charge in [-0.05, 0) is 23.6 Å². The summed E-state index contributed by atoms with van der Waals surface area (Å²) in [7, 11) is 0. The van der Waals surface area contributed by atoms with Crippen molar-refractivity contribution >= 4 is 11.8 Å². The van der Waals surface area contributed by atoms with Gasteiger partial charge in [0.2, 0.25) is 5.95 Å². The largest absolute Gasteiger partial charge is 0.352 e. The van der Waals surface area contributed by atoms with E-state index in [0.29, 0.717) is 5.95 Å². The van der Waals surface area contributed by atoms with E-state index in [1.54, 1.807) is 6.20 Å². The molecular weight excluding hydrogens is 226 g/mol. The molecule has 92 valence electrons. The molecule has 0 saturated heterocycles. The number of hydrogen-bond donors (Lipinski definition) is 2. The van der Waals surface area contributed by atoms with E-state index in [4.69, 9.17) is 5.84 Å². The molecule has 1 aliphatic rings. The average Bonchev–Trinajstić information content (AvgIpc) is 2.47. The zero-order valence-electron chi connectivity index (χ0n) is 10.0. The van der Waals surface area contributed by atoms with Crippen LogP contribution in [0.4, 0.5) is 11.8 Å². The molecular formula is C13H15N5. The first-order valence-corrected chi connectivity index (χ1v) is 5.98. The van der Waals surface area contributed by atoms with Gasteiger partial charge in [0.1, 0.15) is 5.82 Å². The van der Waals surface area contributed by atoms with E-state index in [0.717, 1.165) is 25.3 Å². The molecule has 0 amide bonds. The number of fused-ring (bicyclic) bond motifs is 1. The summed E-state index contributed by atoms with van der Waals surface area (Å²) < 4.78 is 0. The average molecular weight is 241 g/mol. The van der Waals surface area contributed by atoms with Crippen molar-refractivity contribution in [1.29, 1.82) is 0 Å². The number of nitrogens with zero attached hydrogens (tertiary/aromatic N) is 3. The fourth-order valence-corrected chi connectivity index (χ4v) is 2.29. The third-order valence-corrected chi connectivity index (χ3v) is 3.22. The second-order valence-electron chi connectivity index (χ2n) is 4.32. The first kappa shape index (κ1) is 11.0. The predicted molar refractivity (Wildman–Crippen MR) is 71.0 cm³/mol. The Kier molecular flexibility index (Phi) is 2.82. The standard InChI is InChI=1S/C13H15N5/c14-17-13-15-7-5-12(16-13)18-8-6-10-3-1-2-4-11(10)9-18/h1-5,7H,6,8-9,14H2,(H,15,16,17). The Bertz CT molecular complexity index is 555. The number of nitrogens with two attached hydrogens (primary N) is 1. The van der Waals surface area contributed by atoms with E-state index >= 15 is 0 Å². The number of nitrogens with one attached hydrogen (secondary N) is 1. The summed E-state index contributed by atoms with van der Waals surface area (Å²) in [6, 6.07) is 10.4. The number of aromatic nitrogens is 2. The number of benzene rings is 1. The highest BCUT2D eigenvalue weighted by molar-refractivity contribution is 5.46. The van der Waals surface area contributed by atoms with Gasteiger partial charge < -0.3 is 4.90 Å². The molecule has 3 N–H and O–H groups in total. The van der Waals surface area contributed by atoms with Crippen LogP contribution < -0.4 is 16.2 Å². The van der Waals surface area contributed by atoms with Crippen molar-refractivity contribution in [3.63, 3.8) is 0 Å². The maximum atomic E-state index is 5.33. The molecule has 1 aliphatic heterocycles. The van der Waals surface area contributed by atoms with Crippen molar-refractivity contribution in [3.8, 4) is 0 Å². The lowest BCUT2D eigenvalue weighted by Crippen LogP contribution is -2.31. The van der Waals surface area contributed by atoms with Crippen molar-refractivity contribution in [1.82, 2.24) is 9.97 Å². The molecule has 18 heavy (non-hydrogen) atoms. The number of anilines is 2. The first-order chi connectivity index (χ1) is 8.86. The summed E-state index contributed by atoms with van der Waals surface area (Å²) in [5.74, 6) is 6.69. The molecule has 0 aliphatic carbocycles. The fraction of sp³-hybridized carbons (Fsp3) is 0.231. The van der Waals surface area contributed by atoms with Crippen LogP contribution in [-0.2, 0) is 13.0 Å². The van der Waals surface area contributed by atoms with Crippen LogP contribution in [0.15, 0.2) is 36.5 Å². The van der Waals surface area contributed by atoms with Crippen LogP contribution in [0, 0.1) is 0 Å². The van der Waals surface area contributed by atoms with E-state index in [1.807, 2.05) is 6.07 Å². The Balaban J connectivity index is 1.87. The molecule has 0 fully saturated rings. The number of hydrazine groups is 1. The SMILES string of the molecule is NNc1nccc(N2CCc3ccccc3C2)n1. The van der Waals surface area contributed by atoms with E-state index < -0.39 is 0 Å². The quantitative estimate of drug-likeness (QED) is 0.613. The molecule has 5 heteroatoms. The molecule has 0 bridgehead atoms. The maximum Gasteiger partial charge on any atom is 0.239 e. The highest BCUT2D eigenvalue weighted by Crippen LogP contribution is 2.22. The van der Waals surface area contributed by atoms with Gasteiger partial charge in [0, 0.05) is 19.3 Å². The van der Waals surface area contributed by atoms with E-state index in [9.17, 15) is 0 Å². The van der Waals surface area contributed by atoms with Crippen molar-refractivity contribution in [2.45, 2.75) is 13.0 Å². The lowest BCUT2D eigenvalue weighted by atomic mass is 10.00. The van der Waals surface area contributed by atoms with Gasteiger partial charge in [0.25, 0.3) is 0 Å². The molecule has 0 saturated carbocycles. The van der Waals surface area contributed by atoms with Gasteiger partial charge in [-0.1, -0.05) is 24.3 Å². The normalized spacial score (nSPS) is 14.2. The highest BCUT2D eigenvalue weighted by atomic mass is 15.3. The number of rotatable bonds is 2. The summed E-state index contributed by atoms with van der Waals surface area (Å²) >= 11 is 0. The van der Waals surface area contributed by atoms with Crippen LogP contribution in [0.25, 0.3) is 0 Å². The highest BCUT2D eigenvalue weighted by Gasteiger charge is 2.17. The zero-order chi connectivity index (χ0) is 12.4. The molecule has 2 aromatic rings. The molecule has 0 atom stereocenters. The monoisotopic (exact) mass is 241 g/mol. The zero-order valence-corrected chi connectivity index (χ0v) is 10.0. The van der Waals surface area contributed by atoms with Crippen molar-refractivity contribution in [2.75, 3.05) is 16.9 Å². The van der Waals surface area contributed by atoms with E-state index in [1.165, 1.54) is 11.1 Å². The molecule has 0 unspecified atom stereocenters. The Morgan fingerprint density at radius 1 is 1.17 bits per heavy atom. The van der Waals surface area contributed by atoms with E-state index in [2.05, 4.69) is 44.6 Å². The Hall–Kier alpha value is -2.14. The summed E-state index contributed by atoms with van der Waals surface area (Å²) in [6.07, 6.45) is 2.77. The maximum absolute atomic E-state index is 5.33. The van der Waals surface area contributed by atoms with Gasteiger partial charge in [-0.2, -0.15) is 4.98 Å². The lowest BCUT2D eigenvalue weighted by Gasteiger charge is -2.29. The van der Waals surface area contributed by atoms with Gasteiger partial charge in [-0.3, -0.25) is 5.43 Å². The predicted octanol–water partition coefficient (Wildman–Crippen LogP) is 1.32. The minimum Gasteiger partial charge on any atom is -0.352 e. The Morgan fingerprint density at radius 2 is 2.00 bits per heavy atom. The van der Waals surface area contributed by atoms with Crippen LogP contribution in [0.1, 0.15) is 11.1 Å². The smallest absolute Gasteiger partial charge is 0.239 e. The number of nitrogen functional groups attached to an aromatic ring is 1. The van der Waals surface area contributed by atoms with E-state index in [-0.39, 0.29) is 0 Å². The Morgan fingerprint density at radius 3 is 2.83 bits per heavy atom. The summed E-state index contributed by atoms with van der Waals surface area (Å²) in [5.41, 5.74) is 5.27. The second-order valence-corrected chi connectivity index (χ2v) is 4.32.